The van der Waals surface area contributed by atoms with Crippen LogP contribution < -0.4 is 0 Å². The van der Waals surface area contributed by atoms with Crippen molar-refractivity contribution in [1.82, 2.24) is 39.7 Å². The Morgan fingerprint density at radius 3 is 1.02 bits per heavy atom. The summed E-state index contributed by atoms with van der Waals surface area (Å²) in [6, 6.07) is 32.3. The molecule has 0 radical (unpaired) electrons. The molecule has 0 saturated carbocycles. The van der Waals surface area contributed by atoms with Crippen molar-refractivity contribution in [1.29, 1.82) is 0 Å². The van der Waals surface area contributed by atoms with Crippen molar-refractivity contribution in [3.8, 4) is 0 Å². The smallest absolute Gasteiger partial charge is 0.0544 e. The summed E-state index contributed by atoms with van der Waals surface area (Å²) < 4.78 is 0. The fourth-order valence-corrected chi connectivity index (χ4v) is 4.77. The first-order valence-electron chi connectivity index (χ1n) is 16.5. The maximum atomic E-state index is 4.72. The average Bonchev–Trinajstić information content (AvgIpc) is 3.17. The van der Waals surface area contributed by atoms with Crippen LogP contribution in [-0.2, 0) is 39.0 Å². The molecule has 0 spiro atoms. The number of nitrogens with zero attached hydrogens (tertiary/aromatic N) is 8. The van der Waals surface area contributed by atoms with E-state index in [4.69, 9.17) is 9.97 Å². The Kier molecular flexibility index (Phi) is 16.0. The molecule has 0 aromatic carbocycles. The molecule has 0 amide bonds. The molecule has 0 aliphatic carbocycles. The molecule has 246 valence electrons. The number of hydrogen-bond donors (Lipinski definition) is 0. The second-order valence-corrected chi connectivity index (χ2v) is 11.1. The topological polar surface area (TPSA) is 83.8 Å². The van der Waals surface area contributed by atoms with Crippen LogP contribution in [0.1, 0.15) is 47.8 Å². The summed E-state index contributed by atoms with van der Waals surface area (Å²) in [6.45, 7) is 9.60. The van der Waals surface area contributed by atoms with E-state index in [-0.39, 0.29) is 0 Å². The monoisotopic (exact) mass is 638 g/mol. The minimum Gasteiger partial charge on any atom is -0.292 e. The predicted octanol–water partition coefficient (Wildman–Crippen LogP) is 7.26. The fraction of sp³-hybridized carbons (Fsp3) is 0.250. The van der Waals surface area contributed by atoms with E-state index in [2.05, 4.69) is 80.0 Å². The van der Waals surface area contributed by atoms with Crippen LogP contribution in [0, 0.1) is 0 Å². The normalized spacial score (nSPS) is 10.5. The maximum absolute atomic E-state index is 4.72. The van der Waals surface area contributed by atoms with Crippen LogP contribution in [0.5, 0.6) is 0 Å². The van der Waals surface area contributed by atoms with Crippen LogP contribution in [0.15, 0.2) is 147 Å². The second kappa shape index (κ2) is 21.6. The van der Waals surface area contributed by atoms with Gasteiger partial charge >= 0.3 is 0 Å². The SMILES string of the molecule is CCN(Cc1ccccn1)Cc1ccc(CCc2ccc(CN(CC)Cc3ccccn3)nc2)cn1.c1ccncc1.c1ccncc1. The van der Waals surface area contributed by atoms with Crippen molar-refractivity contribution in [3.05, 3.63) is 181 Å². The molecule has 0 saturated heterocycles. The van der Waals surface area contributed by atoms with E-state index in [9.17, 15) is 0 Å². The molecule has 6 aromatic heterocycles. The van der Waals surface area contributed by atoms with Gasteiger partial charge in [-0.3, -0.25) is 39.7 Å². The zero-order valence-corrected chi connectivity index (χ0v) is 28.1. The summed E-state index contributed by atoms with van der Waals surface area (Å²) in [5.41, 5.74) is 6.87. The Hall–Kier alpha value is -5.18. The third-order valence-electron chi connectivity index (χ3n) is 7.50. The summed E-state index contributed by atoms with van der Waals surface area (Å²) in [5, 5.41) is 0. The molecule has 0 aliphatic heterocycles. The van der Waals surface area contributed by atoms with Gasteiger partial charge < -0.3 is 0 Å². The maximum Gasteiger partial charge on any atom is 0.0544 e. The van der Waals surface area contributed by atoms with Crippen LogP contribution in [0.2, 0.25) is 0 Å². The first-order valence-corrected chi connectivity index (χ1v) is 16.5. The zero-order chi connectivity index (χ0) is 33.5. The Morgan fingerprint density at radius 1 is 0.396 bits per heavy atom. The summed E-state index contributed by atoms with van der Waals surface area (Å²) in [6.07, 6.45) is 16.7. The van der Waals surface area contributed by atoms with Gasteiger partial charge in [0.05, 0.1) is 22.8 Å². The second-order valence-electron chi connectivity index (χ2n) is 11.1. The van der Waals surface area contributed by atoms with E-state index in [1.165, 1.54) is 11.1 Å². The third kappa shape index (κ3) is 14.1. The van der Waals surface area contributed by atoms with Crippen LogP contribution in [-0.4, -0.2) is 52.8 Å². The predicted molar refractivity (Wildman–Crippen MR) is 192 cm³/mol. The molecule has 6 rings (SSSR count). The number of hydrogen-bond acceptors (Lipinski definition) is 8. The van der Waals surface area contributed by atoms with Gasteiger partial charge in [-0.2, -0.15) is 0 Å². The molecule has 0 bridgehead atoms. The molecular weight excluding hydrogens is 592 g/mol. The van der Waals surface area contributed by atoms with Crippen LogP contribution >= 0.6 is 0 Å². The Morgan fingerprint density at radius 2 is 0.771 bits per heavy atom. The van der Waals surface area contributed by atoms with E-state index in [0.29, 0.717) is 0 Å². The van der Waals surface area contributed by atoms with Crippen molar-refractivity contribution < 1.29 is 0 Å². The van der Waals surface area contributed by atoms with Gasteiger partial charge in [0.1, 0.15) is 0 Å². The van der Waals surface area contributed by atoms with Crippen LogP contribution in [0.3, 0.4) is 0 Å². The van der Waals surface area contributed by atoms with E-state index < -0.39 is 0 Å². The number of aromatic nitrogens is 6. The Bertz CT molecular complexity index is 1440. The molecule has 8 nitrogen and oxygen atoms in total. The average molecular weight is 639 g/mol. The Balaban J connectivity index is 0.000000361. The van der Waals surface area contributed by atoms with E-state index in [1.54, 1.807) is 24.8 Å². The van der Waals surface area contributed by atoms with Crippen LogP contribution in [0.25, 0.3) is 0 Å². The third-order valence-corrected chi connectivity index (χ3v) is 7.50. The highest BCUT2D eigenvalue weighted by Gasteiger charge is 2.09. The van der Waals surface area contributed by atoms with Gasteiger partial charge in [0, 0.05) is 75.8 Å². The molecule has 0 unspecified atom stereocenters. The lowest BCUT2D eigenvalue weighted by atomic mass is 10.1. The summed E-state index contributed by atoms with van der Waals surface area (Å²) >= 11 is 0. The van der Waals surface area contributed by atoms with Gasteiger partial charge in [-0.1, -0.05) is 50.2 Å². The van der Waals surface area contributed by atoms with Gasteiger partial charge in [-0.25, -0.2) is 0 Å². The number of rotatable bonds is 13. The highest BCUT2D eigenvalue weighted by atomic mass is 15.1. The molecular formula is C40H46N8. The van der Waals surface area contributed by atoms with E-state index in [1.807, 2.05) is 85.5 Å². The van der Waals surface area contributed by atoms with Crippen molar-refractivity contribution in [2.24, 2.45) is 0 Å². The Labute approximate surface area is 285 Å². The highest BCUT2D eigenvalue weighted by Crippen LogP contribution is 2.12. The first kappa shape index (κ1) is 35.7. The molecule has 0 atom stereocenters. The highest BCUT2D eigenvalue weighted by molar-refractivity contribution is 5.19. The van der Waals surface area contributed by atoms with Gasteiger partial charge in [0.2, 0.25) is 0 Å². The lowest BCUT2D eigenvalue weighted by Crippen LogP contribution is -2.23. The molecule has 6 aromatic rings. The molecule has 8 heteroatoms. The van der Waals surface area contributed by atoms with Crippen molar-refractivity contribution in [2.45, 2.75) is 52.9 Å². The van der Waals surface area contributed by atoms with Gasteiger partial charge in [0.25, 0.3) is 0 Å². The standard InChI is InChI=1S/C30H36N6.2C5H5N/c1-3-35(21-27-9-5-7-17-31-27)23-29-15-13-25(19-33-29)11-12-26-14-16-30(34-20-26)24-36(4-2)22-28-10-6-8-18-32-28;2*1-2-4-6-5-3-1/h5-10,13-20H,3-4,11-12,21-24H2,1-2H3;2*1-5H. The van der Waals surface area contributed by atoms with E-state index >= 15 is 0 Å². The minimum absolute atomic E-state index is 0.827. The molecule has 0 N–H and O–H groups in total. The van der Waals surface area contributed by atoms with Gasteiger partial charge in [-0.15, -0.1) is 0 Å². The lowest BCUT2D eigenvalue weighted by molar-refractivity contribution is 0.265. The minimum atomic E-state index is 0.827. The zero-order valence-electron chi connectivity index (χ0n) is 28.1. The fourth-order valence-electron chi connectivity index (χ4n) is 4.77. The molecule has 0 aliphatic rings. The summed E-state index contributed by atoms with van der Waals surface area (Å²) in [7, 11) is 0. The quantitative estimate of drug-likeness (QED) is 0.131. The molecule has 48 heavy (non-hydrogen) atoms. The van der Waals surface area contributed by atoms with Gasteiger partial charge in [-0.05, 0) is 97.7 Å². The van der Waals surface area contributed by atoms with Crippen molar-refractivity contribution >= 4 is 0 Å². The van der Waals surface area contributed by atoms with Crippen molar-refractivity contribution in [2.75, 3.05) is 13.1 Å². The summed E-state index contributed by atoms with van der Waals surface area (Å²) in [5.74, 6) is 0. The summed E-state index contributed by atoms with van der Waals surface area (Å²) in [4.78, 5) is 30.6. The number of aryl methyl sites for hydroxylation is 2. The largest absolute Gasteiger partial charge is 0.292 e. The van der Waals surface area contributed by atoms with Gasteiger partial charge in [0.15, 0.2) is 0 Å². The molecule has 0 fully saturated rings. The molecule has 6 heterocycles. The van der Waals surface area contributed by atoms with Crippen molar-refractivity contribution in [3.63, 3.8) is 0 Å². The van der Waals surface area contributed by atoms with Crippen LogP contribution in [0.4, 0.5) is 0 Å². The first-order chi connectivity index (χ1) is 23.7. The number of pyridine rings is 6. The lowest BCUT2D eigenvalue weighted by Gasteiger charge is -2.19. The van der Waals surface area contributed by atoms with E-state index in [0.717, 1.165) is 74.9 Å².